The molecule has 0 aliphatic carbocycles. The van der Waals surface area contributed by atoms with Gasteiger partial charge in [-0.3, -0.25) is 9.78 Å². The van der Waals surface area contributed by atoms with Crippen LogP contribution in [0.3, 0.4) is 0 Å². The summed E-state index contributed by atoms with van der Waals surface area (Å²) < 4.78 is 5.36. The van der Waals surface area contributed by atoms with Crippen molar-refractivity contribution in [1.29, 1.82) is 0 Å². The molecule has 0 atom stereocenters. The first-order chi connectivity index (χ1) is 11.7. The van der Waals surface area contributed by atoms with Crippen LogP contribution in [0.5, 0.6) is 0 Å². The van der Waals surface area contributed by atoms with Gasteiger partial charge in [0, 0.05) is 41.3 Å². The molecule has 0 unspecified atom stereocenters. The molecule has 3 aromatic heterocycles. The monoisotopic (exact) mass is 341 g/mol. The third-order valence-electron chi connectivity index (χ3n) is 3.67. The lowest BCUT2D eigenvalue weighted by molar-refractivity contribution is 0.0773. The minimum Gasteiger partial charge on any atom is -0.359 e. The fraction of sp³-hybridized carbons (Fsp3) is 0.278. The Kier molecular flexibility index (Phi) is 5.05. The molecule has 0 bridgehead atoms. The van der Waals surface area contributed by atoms with Gasteiger partial charge in [-0.15, -0.1) is 11.3 Å². The average Bonchev–Trinajstić information content (AvgIpc) is 3.25. The number of carbonyl (C=O) groups is 1. The molecule has 124 valence electrons. The zero-order valence-corrected chi connectivity index (χ0v) is 14.5. The fourth-order valence-electron chi connectivity index (χ4n) is 2.44. The number of nitrogens with zero attached hydrogens (tertiary/aromatic N) is 3. The van der Waals surface area contributed by atoms with Crippen LogP contribution in [0, 0.1) is 0 Å². The van der Waals surface area contributed by atoms with Crippen molar-refractivity contribution in [2.75, 3.05) is 7.05 Å². The summed E-state index contributed by atoms with van der Waals surface area (Å²) in [6.07, 6.45) is 5.52. The van der Waals surface area contributed by atoms with Gasteiger partial charge in [-0.25, -0.2) is 0 Å². The van der Waals surface area contributed by atoms with Crippen LogP contribution < -0.4 is 0 Å². The molecule has 1 amide bonds. The lowest BCUT2D eigenvalue weighted by Gasteiger charge is -2.14. The summed E-state index contributed by atoms with van der Waals surface area (Å²) in [6, 6.07) is 7.58. The van der Waals surface area contributed by atoms with Crippen molar-refractivity contribution < 1.29 is 9.32 Å². The number of hydrogen-bond donors (Lipinski definition) is 0. The molecule has 3 rings (SSSR count). The lowest BCUT2D eigenvalue weighted by Crippen LogP contribution is -2.25. The molecule has 3 aromatic rings. The first kappa shape index (κ1) is 16.4. The molecule has 0 saturated carbocycles. The molecular weight excluding hydrogens is 322 g/mol. The maximum atomic E-state index is 12.5. The number of carbonyl (C=O) groups excluding carboxylic acids is 1. The van der Waals surface area contributed by atoms with Crippen molar-refractivity contribution in [3.8, 4) is 11.3 Å². The minimum absolute atomic E-state index is 0.00420. The zero-order chi connectivity index (χ0) is 16.9. The minimum atomic E-state index is -0.00420. The number of hydrogen-bond acceptors (Lipinski definition) is 5. The van der Waals surface area contributed by atoms with Crippen LogP contribution in [0.1, 0.15) is 34.3 Å². The van der Waals surface area contributed by atoms with Crippen LogP contribution in [-0.2, 0) is 13.0 Å². The first-order valence-electron chi connectivity index (χ1n) is 7.86. The molecular formula is C18H19N3O2S. The molecule has 0 aliphatic heterocycles. The van der Waals surface area contributed by atoms with Crippen LogP contribution >= 0.6 is 11.3 Å². The molecule has 0 fully saturated rings. The van der Waals surface area contributed by atoms with Crippen LogP contribution in [-0.4, -0.2) is 28.0 Å². The van der Waals surface area contributed by atoms with Gasteiger partial charge in [-0.1, -0.05) is 18.5 Å². The molecule has 6 heteroatoms. The highest BCUT2D eigenvalue weighted by Crippen LogP contribution is 2.21. The predicted molar refractivity (Wildman–Crippen MR) is 93.8 cm³/mol. The van der Waals surface area contributed by atoms with Crippen molar-refractivity contribution in [3.63, 3.8) is 0 Å². The predicted octanol–water partition coefficient (Wildman–Crippen LogP) is 4.02. The molecule has 0 spiro atoms. The van der Waals surface area contributed by atoms with Crippen molar-refractivity contribution in [1.82, 2.24) is 15.0 Å². The third-order valence-corrected chi connectivity index (χ3v) is 4.67. The summed E-state index contributed by atoms with van der Waals surface area (Å²) in [5, 5.41) is 5.98. The molecule has 3 heterocycles. The average molecular weight is 341 g/mol. The van der Waals surface area contributed by atoms with Gasteiger partial charge in [0.15, 0.2) is 5.76 Å². The Bertz CT molecular complexity index is 811. The highest BCUT2D eigenvalue weighted by atomic mass is 32.1. The number of thiophene rings is 1. The summed E-state index contributed by atoms with van der Waals surface area (Å²) in [6.45, 7) is 2.52. The summed E-state index contributed by atoms with van der Waals surface area (Å²) in [5.74, 6) is 0.650. The van der Waals surface area contributed by atoms with E-state index in [0.29, 0.717) is 12.3 Å². The number of aromatic nitrogens is 2. The largest absolute Gasteiger partial charge is 0.359 e. The molecule has 0 aromatic carbocycles. The molecule has 0 radical (unpaired) electrons. The SMILES string of the molecule is CCCc1cc(C(=O)N(C)Cc2cc(-c3ccncc3)no2)cs1. The smallest absolute Gasteiger partial charge is 0.254 e. The van der Waals surface area contributed by atoms with E-state index in [9.17, 15) is 4.79 Å². The van der Waals surface area contributed by atoms with E-state index in [1.807, 2.05) is 29.6 Å². The van der Waals surface area contributed by atoms with E-state index < -0.39 is 0 Å². The second kappa shape index (κ2) is 7.40. The van der Waals surface area contributed by atoms with Gasteiger partial charge in [-0.2, -0.15) is 0 Å². The molecule has 0 saturated heterocycles. The van der Waals surface area contributed by atoms with Crippen molar-refractivity contribution in [3.05, 3.63) is 58.2 Å². The van der Waals surface area contributed by atoms with E-state index in [1.54, 1.807) is 35.7 Å². The lowest BCUT2D eigenvalue weighted by atomic mass is 10.2. The van der Waals surface area contributed by atoms with Gasteiger partial charge in [-0.05, 0) is 24.6 Å². The van der Waals surface area contributed by atoms with Gasteiger partial charge >= 0.3 is 0 Å². The van der Waals surface area contributed by atoms with Crippen LogP contribution in [0.25, 0.3) is 11.3 Å². The van der Waals surface area contributed by atoms with Crippen molar-refractivity contribution >= 4 is 17.2 Å². The highest BCUT2D eigenvalue weighted by molar-refractivity contribution is 7.10. The number of amides is 1. The number of aryl methyl sites for hydroxylation is 1. The zero-order valence-electron chi connectivity index (χ0n) is 13.7. The van der Waals surface area contributed by atoms with Crippen molar-refractivity contribution in [2.24, 2.45) is 0 Å². The number of rotatable bonds is 6. The maximum Gasteiger partial charge on any atom is 0.254 e. The summed E-state index contributed by atoms with van der Waals surface area (Å²) >= 11 is 1.64. The highest BCUT2D eigenvalue weighted by Gasteiger charge is 2.16. The van der Waals surface area contributed by atoms with Crippen molar-refractivity contribution in [2.45, 2.75) is 26.3 Å². The van der Waals surface area contributed by atoms with Crippen LogP contribution in [0.15, 0.2) is 46.6 Å². The van der Waals surface area contributed by atoms with Crippen LogP contribution in [0.2, 0.25) is 0 Å². The van der Waals surface area contributed by atoms with E-state index in [4.69, 9.17) is 4.52 Å². The second-order valence-electron chi connectivity index (χ2n) is 5.63. The van der Waals surface area contributed by atoms with Gasteiger partial charge in [0.05, 0.1) is 12.1 Å². The summed E-state index contributed by atoms with van der Waals surface area (Å²) in [5.41, 5.74) is 2.42. The normalized spacial score (nSPS) is 10.8. The van der Waals surface area contributed by atoms with Gasteiger partial charge in [0.2, 0.25) is 0 Å². The topological polar surface area (TPSA) is 59.2 Å². The molecule has 0 N–H and O–H groups in total. The van der Waals surface area contributed by atoms with E-state index in [0.717, 1.165) is 29.7 Å². The van der Waals surface area contributed by atoms with E-state index >= 15 is 0 Å². The van der Waals surface area contributed by atoms with E-state index in [1.165, 1.54) is 4.88 Å². The molecule has 5 nitrogen and oxygen atoms in total. The summed E-state index contributed by atoms with van der Waals surface area (Å²) in [7, 11) is 1.77. The first-order valence-corrected chi connectivity index (χ1v) is 8.74. The van der Waals surface area contributed by atoms with Gasteiger partial charge in [0.1, 0.15) is 5.69 Å². The van der Waals surface area contributed by atoms with E-state index in [-0.39, 0.29) is 5.91 Å². The Labute approximate surface area is 144 Å². The Morgan fingerprint density at radius 3 is 2.83 bits per heavy atom. The summed E-state index contributed by atoms with van der Waals surface area (Å²) in [4.78, 5) is 19.4. The molecule has 0 aliphatic rings. The van der Waals surface area contributed by atoms with E-state index in [2.05, 4.69) is 17.1 Å². The maximum absolute atomic E-state index is 12.5. The van der Waals surface area contributed by atoms with Crippen LogP contribution in [0.4, 0.5) is 0 Å². The Hall–Kier alpha value is -2.47. The van der Waals surface area contributed by atoms with Gasteiger partial charge < -0.3 is 9.42 Å². The van der Waals surface area contributed by atoms with Gasteiger partial charge in [0.25, 0.3) is 5.91 Å². The number of pyridine rings is 1. The Balaban J connectivity index is 1.67. The standard InChI is InChI=1S/C18H19N3O2S/c1-3-4-16-9-14(12-24-16)18(22)21(2)11-15-10-17(20-23-15)13-5-7-19-8-6-13/h5-10,12H,3-4,11H2,1-2H3. The Morgan fingerprint density at radius 2 is 2.08 bits per heavy atom. The third kappa shape index (κ3) is 3.71. The second-order valence-corrected chi connectivity index (χ2v) is 6.62. The quantitative estimate of drug-likeness (QED) is 0.679. The Morgan fingerprint density at radius 1 is 1.29 bits per heavy atom. The molecule has 24 heavy (non-hydrogen) atoms. The fourth-order valence-corrected chi connectivity index (χ4v) is 3.41.